The zero-order chi connectivity index (χ0) is 11.5. The number of benzene rings is 1. The van der Waals surface area contributed by atoms with Crippen LogP contribution in [0.4, 0.5) is 0 Å². The minimum atomic E-state index is 0.300. The van der Waals surface area contributed by atoms with Crippen molar-refractivity contribution in [2.24, 2.45) is 0 Å². The van der Waals surface area contributed by atoms with Crippen molar-refractivity contribution in [2.45, 2.75) is 32.6 Å². The molecular weight excluding hydrogens is 218 g/mol. The Kier molecular flexibility index (Phi) is 3.34. The lowest BCUT2D eigenvalue weighted by molar-refractivity contribution is -0.108. The van der Waals surface area contributed by atoms with Crippen LogP contribution in [0.1, 0.15) is 36.8 Å². The smallest absolute Gasteiger partial charge is 0.120 e. The molecular formula is C13H15NOS. The first-order valence-corrected chi connectivity index (χ1v) is 6.39. The van der Waals surface area contributed by atoms with Crippen LogP contribution in [0, 0.1) is 0 Å². The number of carbonyl (C=O) groups excluding carboxylic acids is 1. The number of aldehydes is 1. The van der Waals surface area contributed by atoms with E-state index < -0.39 is 0 Å². The fraction of sp³-hybridized carbons (Fsp3) is 0.385. The Labute approximate surface area is 99.3 Å². The molecule has 2 nitrogen and oxygen atoms in total. The number of rotatable bonds is 4. The van der Waals surface area contributed by atoms with E-state index in [2.05, 4.69) is 37.0 Å². The summed E-state index contributed by atoms with van der Waals surface area (Å²) >= 11 is 1.75. The summed E-state index contributed by atoms with van der Waals surface area (Å²) in [5.41, 5.74) is 2.30. The second-order valence-corrected chi connectivity index (χ2v) is 5.11. The van der Waals surface area contributed by atoms with Crippen LogP contribution in [0.25, 0.3) is 10.2 Å². The Hall–Kier alpha value is -1.22. The average molecular weight is 233 g/mol. The maximum absolute atomic E-state index is 10.5. The summed E-state index contributed by atoms with van der Waals surface area (Å²) < 4.78 is 1.23. The minimum Gasteiger partial charge on any atom is -0.303 e. The largest absolute Gasteiger partial charge is 0.303 e. The number of hydrogen-bond donors (Lipinski definition) is 0. The molecule has 1 aromatic carbocycles. The van der Waals surface area contributed by atoms with E-state index in [9.17, 15) is 4.79 Å². The molecule has 2 rings (SSSR count). The van der Waals surface area contributed by atoms with Crippen molar-refractivity contribution in [1.82, 2.24) is 4.98 Å². The first kappa shape index (κ1) is 11.3. The third-order valence-corrected chi connectivity index (χ3v) is 3.94. The zero-order valence-electron chi connectivity index (χ0n) is 9.56. The van der Waals surface area contributed by atoms with E-state index in [1.165, 1.54) is 15.3 Å². The minimum absolute atomic E-state index is 0.300. The van der Waals surface area contributed by atoms with Crippen molar-refractivity contribution in [3.8, 4) is 0 Å². The molecule has 0 radical (unpaired) electrons. The van der Waals surface area contributed by atoms with Gasteiger partial charge in [-0.15, -0.1) is 11.3 Å². The first-order chi connectivity index (χ1) is 7.74. The van der Waals surface area contributed by atoms with Crippen LogP contribution in [-0.4, -0.2) is 11.3 Å². The standard InChI is InChI=1S/C13H15NOS/c1-3-13-14-11-5-4-10(8-12(11)16-13)9(2)6-7-15/h4-5,7-9H,3,6H2,1-2H3. The molecule has 0 saturated heterocycles. The highest BCUT2D eigenvalue weighted by atomic mass is 32.1. The molecule has 0 N–H and O–H groups in total. The number of aryl methyl sites for hydroxylation is 1. The topological polar surface area (TPSA) is 30.0 Å². The van der Waals surface area contributed by atoms with Gasteiger partial charge in [-0.2, -0.15) is 0 Å². The summed E-state index contributed by atoms with van der Waals surface area (Å²) in [6.45, 7) is 4.20. The summed E-state index contributed by atoms with van der Waals surface area (Å²) in [4.78, 5) is 15.0. The second-order valence-electron chi connectivity index (χ2n) is 3.99. The number of hydrogen-bond acceptors (Lipinski definition) is 3. The van der Waals surface area contributed by atoms with E-state index >= 15 is 0 Å². The van der Waals surface area contributed by atoms with Crippen LogP contribution >= 0.6 is 11.3 Å². The normalized spacial score (nSPS) is 12.9. The number of thiazole rings is 1. The molecule has 0 saturated carbocycles. The van der Waals surface area contributed by atoms with Crippen molar-refractivity contribution >= 4 is 27.8 Å². The van der Waals surface area contributed by atoms with E-state index in [-0.39, 0.29) is 0 Å². The quantitative estimate of drug-likeness (QED) is 0.756. The Morgan fingerprint density at radius 3 is 3.00 bits per heavy atom. The molecule has 1 heterocycles. The summed E-state index contributed by atoms with van der Waals surface area (Å²) in [5.74, 6) is 0.300. The van der Waals surface area contributed by atoms with Gasteiger partial charge < -0.3 is 4.79 Å². The van der Waals surface area contributed by atoms with Gasteiger partial charge in [-0.25, -0.2) is 4.98 Å². The maximum atomic E-state index is 10.5. The second kappa shape index (κ2) is 4.74. The average Bonchev–Trinajstić information content (AvgIpc) is 2.70. The molecule has 0 aliphatic heterocycles. The third-order valence-electron chi connectivity index (χ3n) is 2.78. The highest BCUT2D eigenvalue weighted by molar-refractivity contribution is 7.18. The molecule has 2 aromatic rings. The van der Waals surface area contributed by atoms with Crippen LogP contribution in [-0.2, 0) is 11.2 Å². The van der Waals surface area contributed by atoms with Crippen LogP contribution < -0.4 is 0 Å². The van der Waals surface area contributed by atoms with Crippen molar-refractivity contribution < 1.29 is 4.79 Å². The molecule has 1 unspecified atom stereocenters. The predicted molar refractivity (Wildman–Crippen MR) is 68.1 cm³/mol. The molecule has 3 heteroatoms. The Bertz CT molecular complexity index is 504. The van der Waals surface area contributed by atoms with Gasteiger partial charge in [-0.05, 0) is 30.0 Å². The molecule has 1 atom stereocenters. The van der Waals surface area contributed by atoms with E-state index in [4.69, 9.17) is 0 Å². The Morgan fingerprint density at radius 1 is 1.50 bits per heavy atom. The van der Waals surface area contributed by atoms with Crippen molar-refractivity contribution in [1.29, 1.82) is 0 Å². The molecule has 0 aliphatic rings. The van der Waals surface area contributed by atoms with Crippen LogP contribution in [0.5, 0.6) is 0 Å². The van der Waals surface area contributed by atoms with Gasteiger partial charge in [-0.1, -0.05) is 19.9 Å². The van der Waals surface area contributed by atoms with E-state index in [0.717, 1.165) is 18.2 Å². The van der Waals surface area contributed by atoms with E-state index in [1.807, 2.05) is 0 Å². The van der Waals surface area contributed by atoms with Crippen LogP contribution in [0.15, 0.2) is 18.2 Å². The van der Waals surface area contributed by atoms with Gasteiger partial charge in [0.25, 0.3) is 0 Å². The van der Waals surface area contributed by atoms with Gasteiger partial charge in [0.15, 0.2) is 0 Å². The molecule has 0 spiro atoms. The van der Waals surface area contributed by atoms with Gasteiger partial charge in [0, 0.05) is 6.42 Å². The summed E-state index contributed by atoms with van der Waals surface area (Å²) in [6, 6.07) is 6.30. The molecule has 84 valence electrons. The number of aromatic nitrogens is 1. The lowest BCUT2D eigenvalue weighted by Crippen LogP contribution is -1.93. The van der Waals surface area contributed by atoms with Crippen molar-refractivity contribution in [3.05, 3.63) is 28.8 Å². The van der Waals surface area contributed by atoms with Gasteiger partial charge in [0.1, 0.15) is 6.29 Å². The highest BCUT2D eigenvalue weighted by Gasteiger charge is 2.08. The molecule has 0 amide bonds. The third kappa shape index (κ3) is 2.14. The number of fused-ring (bicyclic) bond motifs is 1. The van der Waals surface area contributed by atoms with Gasteiger partial charge in [0.2, 0.25) is 0 Å². The lowest BCUT2D eigenvalue weighted by Gasteiger charge is -2.07. The van der Waals surface area contributed by atoms with Crippen molar-refractivity contribution in [2.75, 3.05) is 0 Å². The molecule has 0 aliphatic carbocycles. The van der Waals surface area contributed by atoms with Crippen molar-refractivity contribution in [3.63, 3.8) is 0 Å². The zero-order valence-corrected chi connectivity index (χ0v) is 10.4. The number of carbonyl (C=O) groups is 1. The highest BCUT2D eigenvalue weighted by Crippen LogP contribution is 2.27. The van der Waals surface area contributed by atoms with Crippen LogP contribution in [0.2, 0.25) is 0 Å². The fourth-order valence-corrected chi connectivity index (χ4v) is 2.68. The fourth-order valence-electron chi connectivity index (χ4n) is 1.73. The molecule has 0 bridgehead atoms. The summed E-state index contributed by atoms with van der Waals surface area (Å²) in [5, 5.41) is 1.18. The molecule has 1 aromatic heterocycles. The predicted octanol–water partition coefficient (Wildman–Crippen LogP) is 3.55. The SMILES string of the molecule is CCc1nc2ccc(C(C)CC=O)cc2s1. The lowest BCUT2D eigenvalue weighted by atomic mass is 9.98. The summed E-state index contributed by atoms with van der Waals surface area (Å²) in [6.07, 6.45) is 2.56. The Balaban J connectivity index is 2.38. The van der Waals surface area contributed by atoms with E-state index in [1.54, 1.807) is 11.3 Å². The van der Waals surface area contributed by atoms with Gasteiger partial charge in [0.05, 0.1) is 15.2 Å². The maximum Gasteiger partial charge on any atom is 0.120 e. The van der Waals surface area contributed by atoms with Gasteiger partial charge in [-0.3, -0.25) is 0 Å². The molecule has 16 heavy (non-hydrogen) atoms. The van der Waals surface area contributed by atoms with Gasteiger partial charge >= 0.3 is 0 Å². The first-order valence-electron chi connectivity index (χ1n) is 5.57. The van der Waals surface area contributed by atoms with Crippen LogP contribution in [0.3, 0.4) is 0 Å². The summed E-state index contributed by atoms with van der Waals surface area (Å²) in [7, 11) is 0. The van der Waals surface area contributed by atoms with E-state index in [0.29, 0.717) is 12.3 Å². The Morgan fingerprint density at radius 2 is 2.31 bits per heavy atom. The molecule has 0 fully saturated rings. The number of nitrogens with zero attached hydrogens (tertiary/aromatic N) is 1. The monoisotopic (exact) mass is 233 g/mol.